The van der Waals surface area contributed by atoms with E-state index in [4.69, 9.17) is 4.42 Å². The smallest absolute Gasteiger partial charge is 0.216 e. The molecule has 0 spiro atoms. The molecule has 2 aromatic heterocycles. The number of aryl methyl sites for hydroxylation is 3. The van der Waals surface area contributed by atoms with E-state index >= 15 is 0 Å². The first-order valence-electron chi connectivity index (χ1n) is 10.9. The highest BCUT2D eigenvalue weighted by Crippen LogP contribution is 2.52. The standard InChI is InChI=1S/C29H26NO/c1-17-10-15-24(30(5)16-17)25-18(2)11-12-19-20-13-14-23-26(28(20)31-27(19)25)21-8-6-7-9-22(21)29(23,3)4/h6-16H,1-5H3/q+1. The van der Waals surface area contributed by atoms with E-state index in [1.165, 1.54) is 55.4 Å². The minimum Gasteiger partial charge on any atom is -0.454 e. The first-order chi connectivity index (χ1) is 14.9. The summed E-state index contributed by atoms with van der Waals surface area (Å²) in [5.41, 5.74) is 12.1. The Hall–Kier alpha value is -3.39. The van der Waals surface area contributed by atoms with Gasteiger partial charge in [0.05, 0.1) is 5.56 Å². The Labute approximate surface area is 182 Å². The quantitative estimate of drug-likeness (QED) is 0.275. The van der Waals surface area contributed by atoms with Crippen LogP contribution in [0.2, 0.25) is 0 Å². The van der Waals surface area contributed by atoms with Gasteiger partial charge in [0.25, 0.3) is 0 Å². The summed E-state index contributed by atoms with van der Waals surface area (Å²) in [7, 11) is 2.11. The van der Waals surface area contributed by atoms with E-state index in [0.717, 1.165) is 11.2 Å². The lowest BCUT2D eigenvalue weighted by atomic mass is 9.82. The molecule has 0 unspecified atom stereocenters. The average molecular weight is 405 g/mol. The van der Waals surface area contributed by atoms with Gasteiger partial charge in [-0.25, -0.2) is 4.57 Å². The number of aromatic nitrogens is 1. The summed E-state index contributed by atoms with van der Waals surface area (Å²) in [5.74, 6) is 0. The maximum atomic E-state index is 6.78. The number of rotatable bonds is 1. The van der Waals surface area contributed by atoms with Gasteiger partial charge in [0.1, 0.15) is 18.2 Å². The van der Waals surface area contributed by atoms with Gasteiger partial charge in [0.2, 0.25) is 5.69 Å². The lowest BCUT2D eigenvalue weighted by Gasteiger charge is -2.21. The summed E-state index contributed by atoms with van der Waals surface area (Å²) in [6.45, 7) is 8.92. The van der Waals surface area contributed by atoms with Crippen molar-refractivity contribution in [1.29, 1.82) is 0 Å². The molecule has 0 saturated carbocycles. The number of fused-ring (bicyclic) bond motifs is 7. The predicted molar refractivity (Wildman–Crippen MR) is 127 cm³/mol. The Morgan fingerprint density at radius 1 is 0.742 bits per heavy atom. The van der Waals surface area contributed by atoms with Crippen LogP contribution in [0.15, 0.2) is 71.3 Å². The molecule has 0 radical (unpaired) electrons. The zero-order valence-corrected chi connectivity index (χ0v) is 18.7. The van der Waals surface area contributed by atoms with Gasteiger partial charge in [-0.05, 0) is 42.2 Å². The molecule has 0 N–H and O–H groups in total. The molecule has 1 aliphatic carbocycles. The van der Waals surface area contributed by atoms with E-state index < -0.39 is 0 Å². The van der Waals surface area contributed by atoms with Crippen LogP contribution in [0.5, 0.6) is 0 Å². The molecule has 0 bridgehead atoms. The molecule has 152 valence electrons. The van der Waals surface area contributed by atoms with Crippen LogP contribution in [-0.4, -0.2) is 0 Å². The monoisotopic (exact) mass is 404 g/mol. The number of benzene rings is 3. The minimum atomic E-state index is -0.0266. The van der Waals surface area contributed by atoms with E-state index in [1.54, 1.807) is 0 Å². The van der Waals surface area contributed by atoms with Crippen LogP contribution < -0.4 is 4.57 Å². The zero-order valence-electron chi connectivity index (χ0n) is 18.7. The van der Waals surface area contributed by atoms with E-state index in [-0.39, 0.29) is 5.41 Å². The highest BCUT2D eigenvalue weighted by molar-refractivity contribution is 6.14. The largest absolute Gasteiger partial charge is 0.454 e. The molecule has 0 amide bonds. The van der Waals surface area contributed by atoms with Crippen LogP contribution in [0.3, 0.4) is 0 Å². The summed E-state index contributed by atoms with van der Waals surface area (Å²) < 4.78 is 8.99. The maximum Gasteiger partial charge on any atom is 0.216 e. The molecular weight excluding hydrogens is 378 g/mol. The summed E-state index contributed by atoms with van der Waals surface area (Å²) in [5, 5.41) is 2.37. The molecule has 31 heavy (non-hydrogen) atoms. The Balaban J connectivity index is 1.75. The highest BCUT2D eigenvalue weighted by atomic mass is 16.3. The number of pyridine rings is 1. The number of furan rings is 1. The van der Waals surface area contributed by atoms with E-state index in [2.05, 4.69) is 106 Å². The minimum absolute atomic E-state index is 0.0266. The molecule has 0 atom stereocenters. The summed E-state index contributed by atoms with van der Waals surface area (Å²) in [6.07, 6.45) is 2.17. The third-order valence-corrected chi connectivity index (χ3v) is 7.10. The molecule has 5 aromatic rings. The Bertz CT molecular complexity index is 1530. The number of hydrogen-bond acceptors (Lipinski definition) is 1. The van der Waals surface area contributed by atoms with Gasteiger partial charge in [-0.1, -0.05) is 62.4 Å². The van der Waals surface area contributed by atoms with Gasteiger partial charge in [0.15, 0.2) is 6.20 Å². The van der Waals surface area contributed by atoms with Gasteiger partial charge in [-0.2, -0.15) is 0 Å². The maximum absolute atomic E-state index is 6.78. The van der Waals surface area contributed by atoms with Gasteiger partial charge < -0.3 is 4.42 Å². The van der Waals surface area contributed by atoms with Crippen LogP contribution in [0.1, 0.15) is 36.1 Å². The lowest BCUT2D eigenvalue weighted by Crippen LogP contribution is -2.31. The second-order valence-corrected chi connectivity index (χ2v) is 9.47. The molecule has 2 heteroatoms. The van der Waals surface area contributed by atoms with Crippen molar-refractivity contribution in [3.8, 4) is 22.4 Å². The van der Waals surface area contributed by atoms with Crippen LogP contribution in [0.4, 0.5) is 0 Å². The molecule has 6 rings (SSSR count). The molecule has 1 aliphatic rings. The van der Waals surface area contributed by atoms with Crippen molar-refractivity contribution in [2.75, 3.05) is 0 Å². The summed E-state index contributed by atoms with van der Waals surface area (Å²) in [4.78, 5) is 0. The Morgan fingerprint density at radius 2 is 1.45 bits per heavy atom. The molecule has 0 saturated heterocycles. The first-order valence-corrected chi connectivity index (χ1v) is 10.9. The van der Waals surface area contributed by atoms with Crippen LogP contribution in [-0.2, 0) is 12.5 Å². The Morgan fingerprint density at radius 3 is 2.23 bits per heavy atom. The van der Waals surface area contributed by atoms with Crippen molar-refractivity contribution < 1.29 is 8.98 Å². The van der Waals surface area contributed by atoms with Gasteiger partial charge in [-0.3, -0.25) is 0 Å². The molecular formula is C29H26NO+. The average Bonchev–Trinajstić information content (AvgIpc) is 3.22. The van der Waals surface area contributed by atoms with Crippen molar-refractivity contribution in [3.05, 3.63) is 89.1 Å². The number of nitrogens with zero attached hydrogens (tertiary/aromatic N) is 1. The van der Waals surface area contributed by atoms with Crippen molar-refractivity contribution >= 4 is 21.9 Å². The predicted octanol–water partition coefficient (Wildman–Crippen LogP) is 7.00. The number of hydrogen-bond donors (Lipinski definition) is 0. The molecule has 2 heterocycles. The van der Waals surface area contributed by atoms with E-state index in [0.29, 0.717) is 0 Å². The first kappa shape index (κ1) is 18.4. The van der Waals surface area contributed by atoms with Crippen molar-refractivity contribution in [2.24, 2.45) is 7.05 Å². The van der Waals surface area contributed by atoms with Crippen LogP contribution in [0, 0.1) is 13.8 Å². The van der Waals surface area contributed by atoms with Gasteiger partial charge >= 0.3 is 0 Å². The van der Waals surface area contributed by atoms with Crippen molar-refractivity contribution in [1.82, 2.24) is 0 Å². The highest BCUT2D eigenvalue weighted by Gasteiger charge is 2.37. The molecule has 3 aromatic carbocycles. The molecule has 2 nitrogen and oxygen atoms in total. The van der Waals surface area contributed by atoms with Crippen LogP contribution >= 0.6 is 0 Å². The zero-order chi connectivity index (χ0) is 21.5. The fraction of sp³-hybridized carbons (Fsp3) is 0.207. The van der Waals surface area contributed by atoms with Crippen molar-refractivity contribution in [2.45, 2.75) is 33.1 Å². The second-order valence-electron chi connectivity index (χ2n) is 9.47. The second kappa shape index (κ2) is 6.07. The molecule has 0 aliphatic heterocycles. The third-order valence-electron chi connectivity index (χ3n) is 7.10. The fourth-order valence-electron chi connectivity index (χ4n) is 5.51. The summed E-state index contributed by atoms with van der Waals surface area (Å²) in [6, 6.07) is 22.1. The SMILES string of the molecule is Cc1ccc(-c2c(C)ccc3c2oc2c4c(ccc23)C(C)(C)c2ccccc2-4)[n+](C)c1. The van der Waals surface area contributed by atoms with Crippen molar-refractivity contribution in [3.63, 3.8) is 0 Å². The molecule has 0 fully saturated rings. The lowest BCUT2D eigenvalue weighted by molar-refractivity contribution is -0.660. The third kappa shape index (κ3) is 2.36. The van der Waals surface area contributed by atoms with Gasteiger partial charge in [-0.15, -0.1) is 0 Å². The van der Waals surface area contributed by atoms with Crippen LogP contribution in [0.25, 0.3) is 44.3 Å². The van der Waals surface area contributed by atoms with Gasteiger partial charge in [0, 0.05) is 33.4 Å². The Kier molecular flexibility index (Phi) is 3.60. The van der Waals surface area contributed by atoms with E-state index in [9.17, 15) is 0 Å². The topological polar surface area (TPSA) is 17.0 Å². The normalized spacial score (nSPS) is 14.2. The summed E-state index contributed by atoms with van der Waals surface area (Å²) >= 11 is 0. The van der Waals surface area contributed by atoms with E-state index in [1.807, 2.05) is 0 Å². The fourth-order valence-corrected chi connectivity index (χ4v) is 5.51.